The number of thioether (sulfide) groups is 1. The van der Waals surface area contributed by atoms with Gasteiger partial charge in [-0.05, 0) is 30.3 Å². The molecule has 10 heteroatoms. The van der Waals surface area contributed by atoms with Crippen LogP contribution in [0, 0.1) is 11.7 Å². The molecule has 7 nitrogen and oxygen atoms in total. The molecule has 0 bridgehead atoms. The summed E-state index contributed by atoms with van der Waals surface area (Å²) in [6.07, 6.45) is 0.0664. The van der Waals surface area contributed by atoms with Crippen LogP contribution in [0.2, 0.25) is 0 Å². The molecular formula is C19H19F2N5O2S. The summed E-state index contributed by atoms with van der Waals surface area (Å²) in [4.78, 5) is 20.8. The Bertz CT molecular complexity index is 972. The SMILES string of the molecule is NC1=N[C@@]2(c3cc(NC(=O)c4ccc(N)cn4)ccc3F)COC[C@@H](F)[C@H]2CS1. The molecular weight excluding hydrogens is 400 g/mol. The summed E-state index contributed by atoms with van der Waals surface area (Å²) in [5.41, 5.74) is 11.2. The summed E-state index contributed by atoms with van der Waals surface area (Å²) in [5.74, 6) is -1.28. The minimum Gasteiger partial charge on any atom is -0.397 e. The number of amidine groups is 1. The molecule has 0 spiro atoms. The number of hydrogen-bond donors (Lipinski definition) is 3. The van der Waals surface area contributed by atoms with Gasteiger partial charge in [-0.2, -0.15) is 0 Å². The first kappa shape index (κ1) is 19.6. The van der Waals surface area contributed by atoms with Gasteiger partial charge >= 0.3 is 0 Å². The van der Waals surface area contributed by atoms with E-state index >= 15 is 0 Å². The second-order valence-electron chi connectivity index (χ2n) is 6.95. The number of nitrogen functional groups attached to an aromatic ring is 1. The standard InChI is InChI=1S/C19H19F2N5O2S/c20-14-3-2-11(25-17(27)16-4-1-10(22)6-24-16)5-12(14)19-9-28-7-15(21)13(19)8-29-18(23)26-19/h1-6,13,15H,7-9,22H2,(H2,23,26)(H,25,27)/t13-,15-,19-/m1/s1. The number of rotatable bonds is 3. The highest BCUT2D eigenvalue weighted by molar-refractivity contribution is 8.13. The summed E-state index contributed by atoms with van der Waals surface area (Å²) in [6.45, 7) is -0.0591. The highest BCUT2D eigenvalue weighted by atomic mass is 32.2. The van der Waals surface area contributed by atoms with Crippen LogP contribution in [0.3, 0.4) is 0 Å². The predicted molar refractivity (Wildman–Crippen MR) is 108 cm³/mol. The number of hydrogen-bond acceptors (Lipinski definition) is 7. The van der Waals surface area contributed by atoms with Crippen molar-refractivity contribution in [1.29, 1.82) is 0 Å². The van der Waals surface area contributed by atoms with Gasteiger partial charge in [-0.25, -0.2) is 18.8 Å². The number of anilines is 2. The number of carbonyl (C=O) groups excluding carboxylic acids is 1. The van der Waals surface area contributed by atoms with Crippen LogP contribution >= 0.6 is 11.8 Å². The van der Waals surface area contributed by atoms with Crippen molar-refractivity contribution >= 4 is 34.2 Å². The van der Waals surface area contributed by atoms with E-state index in [2.05, 4.69) is 15.3 Å². The molecule has 5 N–H and O–H groups in total. The normalized spacial score (nSPS) is 26.3. The fourth-order valence-electron chi connectivity index (χ4n) is 3.62. The predicted octanol–water partition coefficient (Wildman–Crippen LogP) is 2.30. The van der Waals surface area contributed by atoms with Crippen LogP contribution in [-0.4, -0.2) is 41.2 Å². The fraction of sp³-hybridized carbons (Fsp3) is 0.316. The zero-order valence-corrected chi connectivity index (χ0v) is 16.1. The monoisotopic (exact) mass is 419 g/mol. The molecule has 152 valence electrons. The topological polar surface area (TPSA) is 116 Å². The zero-order chi connectivity index (χ0) is 20.6. The van der Waals surface area contributed by atoms with E-state index in [1.54, 1.807) is 6.07 Å². The van der Waals surface area contributed by atoms with Gasteiger partial charge in [0, 0.05) is 22.9 Å². The molecule has 2 aliphatic heterocycles. The Kier molecular flexibility index (Phi) is 5.13. The number of benzene rings is 1. The number of amides is 1. The lowest BCUT2D eigenvalue weighted by Gasteiger charge is -2.45. The van der Waals surface area contributed by atoms with Gasteiger partial charge in [0.2, 0.25) is 0 Å². The highest BCUT2D eigenvalue weighted by Crippen LogP contribution is 2.46. The Labute approximate surface area is 169 Å². The first-order valence-electron chi connectivity index (χ1n) is 8.92. The molecule has 0 saturated carbocycles. The van der Waals surface area contributed by atoms with Crippen molar-refractivity contribution < 1.29 is 18.3 Å². The number of aliphatic imine (C=N–C) groups is 1. The fourth-order valence-corrected chi connectivity index (χ4v) is 4.68. The molecule has 3 atom stereocenters. The van der Waals surface area contributed by atoms with Crippen molar-refractivity contribution in [2.45, 2.75) is 11.7 Å². The maximum absolute atomic E-state index is 14.8. The van der Waals surface area contributed by atoms with Crippen LogP contribution in [0.5, 0.6) is 0 Å². The Balaban J connectivity index is 1.70. The van der Waals surface area contributed by atoms with E-state index in [9.17, 15) is 13.6 Å². The molecule has 1 fully saturated rings. The number of carbonyl (C=O) groups is 1. The largest absolute Gasteiger partial charge is 0.397 e. The lowest BCUT2D eigenvalue weighted by atomic mass is 9.75. The third-order valence-electron chi connectivity index (χ3n) is 5.08. The Morgan fingerprint density at radius 1 is 1.31 bits per heavy atom. The van der Waals surface area contributed by atoms with Crippen molar-refractivity contribution in [2.75, 3.05) is 30.0 Å². The molecule has 0 radical (unpaired) electrons. The summed E-state index contributed by atoms with van der Waals surface area (Å²) >= 11 is 1.24. The van der Waals surface area contributed by atoms with E-state index in [4.69, 9.17) is 16.2 Å². The quantitative estimate of drug-likeness (QED) is 0.703. The summed E-state index contributed by atoms with van der Waals surface area (Å²) in [6, 6.07) is 7.12. The Morgan fingerprint density at radius 2 is 2.14 bits per heavy atom. The second-order valence-corrected chi connectivity index (χ2v) is 7.99. The van der Waals surface area contributed by atoms with Gasteiger partial charge in [0.05, 0.1) is 25.1 Å². The molecule has 0 aliphatic carbocycles. The number of nitrogens with one attached hydrogen (secondary N) is 1. The van der Waals surface area contributed by atoms with Crippen molar-refractivity contribution in [1.82, 2.24) is 4.98 Å². The first-order valence-corrected chi connectivity index (χ1v) is 9.90. The second kappa shape index (κ2) is 7.60. The van der Waals surface area contributed by atoms with Crippen molar-refractivity contribution in [3.05, 3.63) is 53.6 Å². The van der Waals surface area contributed by atoms with Crippen LogP contribution in [0.15, 0.2) is 41.5 Å². The van der Waals surface area contributed by atoms with Gasteiger partial charge in [0.25, 0.3) is 5.91 Å². The van der Waals surface area contributed by atoms with Crippen molar-refractivity contribution in [2.24, 2.45) is 16.6 Å². The molecule has 1 saturated heterocycles. The van der Waals surface area contributed by atoms with E-state index < -0.39 is 29.4 Å². The van der Waals surface area contributed by atoms with Crippen molar-refractivity contribution in [3.8, 4) is 0 Å². The summed E-state index contributed by atoms with van der Waals surface area (Å²) < 4.78 is 34.9. The molecule has 1 aromatic carbocycles. The number of nitrogens with two attached hydrogens (primary N) is 2. The third kappa shape index (κ3) is 3.65. The van der Waals surface area contributed by atoms with Gasteiger partial charge in [0.15, 0.2) is 5.17 Å². The van der Waals surface area contributed by atoms with Crippen LogP contribution < -0.4 is 16.8 Å². The van der Waals surface area contributed by atoms with Gasteiger partial charge in [-0.15, -0.1) is 0 Å². The van der Waals surface area contributed by atoms with Crippen molar-refractivity contribution in [3.63, 3.8) is 0 Å². The summed E-state index contributed by atoms with van der Waals surface area (Å²) in [7, 11) is 0. The van der Waals surface area contributed by atoms with Gasteiger partial charge in [-0.3, -0.25) is 4.79 Å². The number of nitrogens with zero attached hydrogens (tertiary/aromatic N) is 2. The van der Waals surface area contributed by atoms with Gasteiger partial charge in [-0.1, -0.05) is 11.8 Å². The molecule has 1 aromatic heterocycles. The number of halogens is 2. The number of alkyl halides is 1. The number of fused-ring (bicyclic) bond motifs is 1. The van der Waals surface area contributed by atoms with E-state index in [0.29, 0.717) is 17.1 Å². The zero-order valence-electron chi connectivity index (χ0n) is 15.3. The van der Waals surface area contributed by atoms with Crippen LogP contribution in [0.1, 0.15) is 16.1 Å². The molecule has 29 heavy (non-hydrogen) atoms. The summed E-state index contributed by atoms with van der Waals surface area (Å²) in [5, 5.41) is 2.92. The lowest BCUT2D eigenvalue weighted by Crippen LogP contribution is -2.53. The molecule has 3 heterocycles. The minimum absolute atomic E-state index is 0.00713. The molecule has 2 aromatic rings. The maximum atomic E-state index is 14.8. The number of aromatic nitrogens is 1. The van der Waals surface area contributed by atoms with Gasteiger partial charge in [0.1, 0.15) is 23.2 Å². The Morgan fingerprint density at radius 3 is 2.90 bits per heavy atom. The number of pyridine rings is 1. The average molecular weight is 419 g/mol. The van der Waals surface area contributed by atoms with E-state index in [1.165, 1.54) is 42.2 Å². The molecule has 0 unspecified atom stereocenters. The van der Waals surface area contributed by atoms with E-state index in [-0.39, 0.29) is 29.6 Å². The number of ether oxygens (including phenoxy) is 1. The molecule has 2 aliphatic rings. The Hall–Kier alpha value is -2.72. The van der Waals surface area contributed by atoms with E-state index in [0.717, 1.165) is 0 Å². The highest BCUT2D eigenvalue weighted by Gasteiger charge is 2.51. The van der Waals surface area contributed by atoms with Crippen LogP contribution in [0.25, 0.3) is 0 Å². The average Bonchev–Trinajstić information content (AvgIpc) is 2.69. The third-order valence-corrected chi connectivity index (χ3v) is 5.99. The first-order chi connectivity index (χ1) is 13.9. The van der Waals surface area contributed by atoms with E-state index in [1.807, 2.05) is 0 Å². The smallest absolute Gasteiger partial charge is 0.274 e. The van der Waals surface area contributed by atoms with Crippen LogP contribution in [-0.2, 0) is 10.3 Å². The van der Waals surface area contributed by atoms with Crippen LogP contribution in [0.4, 0.5) is 20.2 Å². The lowest BCUT2D eigenvalue weighted by molar-refractivity contribution is -0.0526. The van der Waals surface area contributed by atoms with Gasteiger partial charge < -0.3 is 21.5 Å². The minimum atomic E-state index is -1.30. The molecule has 1 amide bonds. The maximum Gasteiger partial charge on any atom is 0.274 e. The molecule has 4 rings (SSSR count).